The highest BCUT2D eigenvalue weighted by atomic mass is 32.1. The van der Waals surface area contributed by atoms with Gasteiger partial charge in [-0.15, -0.1) is 0 Å². The number of imidazole rings is 1. The number of aliphatic hydroxyl groups is 1. The average Bonchev–Trinajstić information content (AvgIpc) is 2.74. The Balaban J connectivity index is 2.49. The third-order valence-electron chi connectivity index (χ3n) is 2.94. The topological polar surface area (TPSA) is 41.0 Å². The number of aromatic amines is 1. The molecule has 0 saturated carbocycles. The normalized spacial score (nSPS) is 12.6. The molecule has 0 aliphatic heterocycles. The van der Waals surface area contributed by atoms with Crippen LogP contribution in [0.4, 0.5) is 0 Å². The van der Waals surface area contributed by atoms with E-state index in [1.807, 2.05) is 22.8 Å². The lowest BCUT2D eigenvalue weighted by Crippen LogP contribution is -2.12. The molecule has 1 unspecified atom stereocenters. The monoisotopic (exact) mass is 248 g/mol. The number of aromatic nitrogens is 2. The summed E-state index contributed by atoms with van der Waals surface area (Å²) in [6.07, 6.45) is 2.71. The summed E-state index contributed by atoms with van der Waals surface area (Å²) in [6.45, 7) is 2.12. The van der Waals surface area contributed by atoms with Crippen LogP contribution in [-0.2, 0) is 6.61 Å². The van der Waals surface area contributed by atoms with Crippen LogP contribution in [0, 0.1) is 4.77 Å². The molecule has 17 heavy (non-hydrogen) atoms. The second kappa shape index (κ2) is 5.29. The predicted molar refractivity (Wildman–Crippen MR) is 70.4 cm³/mol. The molecule has 1 aromatic heterocycles. The molecule has 2 N–H and O–H groups in total. The quantitative estimate of drug-likeness (QED) is 0.817. The highest BCUT2D eigenvalue weighted by Gasteiger charge is 2.15. The predicted octanol–water partition coefficient (Wildman–Crippen LogP) is 3.04. The van der Waals surface area contributed by atoms with E-state index in [9.17, 15) is 5.11 Å². The zero-order valence-corrected chi connectivity index (χ0v) is 10.6. The standard InChI is InChI=1S/C13H16N2OS/c1-2-12(10-6-4-3-5-7-10)15-11(9-16)8-14-13(15)17/h3-8,12,16H,2,9H2,1H3,(H,14,17). The third kappa shape index (κ3) is 2.33. The van der Waals surface area contributed by atoms with Gasteiger partial charge in [0.2, 0.25) is 0 Å². The van der Waals surface area contributed by atoms with E-state index < -0.39 is 0 Å². The Morgan fingerprint density at radius 3 is 2.65 bits per heavy atom. The maximum atomic E-state index is 9.34. The molecule has 0 saturated heterocycles. The van der Waals surface area contributed by atoms with Crippen molar-refractivity contribution in [2.45, 2.75) is 26.0 Å². The first kappa shape index (κ1) is 12.1. The van der Waals surface area contributed by atoms with Gasteiger partial charge in [0.15, 0.2) is 4.77 Å². The van der Waals surface area contributed by atoms with E-state index in [2.05, 4.69) is 24.0 Å². The summed E-state index contributed by atoms with van der Waals surface area (Å²) in [7, 11) is 0. The summed E-state index contributed by atoms with van der Waals surface area (Å²) in [6, 6.07) is 10.4. The smallest absolute Gasteiger partial charge is 0.177 e. The van der Waals surface area contributed by atoms with Crippen LogP contribution in [0.15, 0.2) is 36.5 Å². The maximum absolute atomic E-state index is 9.34. The lowest BCUT2D eigenvalue weighted by atomic mass is 10.0. The largest absolute Gasteiger partial charge is 0.390 e. The van der Waals surface area contributed by atoms with E-state index in [4.69, 9.17) is 12.2 Å². The van der Waals surface area contributed by atoms with Crippen molar-refractivity contribution < 1.29 is 5.11 Å². The Hall–Kier alpha value is -1.39. The van der Waals surface area contributed by atoms with Crippen LogP contribution in [0.25, 0.3) is 0 Å². The summed E-state index contributed by atoms with van der Waals surface area (Å²) >= 11 is 5.28. The van der Waals surface area contributed by atoms with E-state index in [1.54, 1.807) is 6.20 Å². The van der Waals surface area contributed by atoms with Crippen LogP contribution >= 0.6 is 12.2 Å². The molecule has 90 valence electrons. The lowest BCUT2D eigenvalue weighted by molar-refractivity contribution is 0.267. The molecule has 1 heterocycles. The lowest BCUT2D eigenvalue weighted by Gasteiger charge is -2.19. The minimum absolute atomic E-state index is 0.00350. The van der Waals surface area contributed by atoms with Crippen molar-refractivity contribution in [3.05, 3.63) is 52.6 Å². The first-order chi connectivity index (χ1) is 8.27. The van der Waals surface area contributed by atoms with Crippen molar-refractivity contribution in [3.8, 4) is 0 Å². The van der Waals surface area contributed by atoms with E-state index in [1.165, 1.54) is 5.56 Å². The highest BCUT2D eigenvalue weighted by molar-refractivity contribution is 7.71. The molecule has 0 aliphatic rings. The molecule has 2 aromatic rings. The highest BCUT2D eigenvalue weighted by Crippen LogP contribution is 2.24. The molecule has 1 atom stereocenters. The van der Waals surface area contributed by atoms with Crippen LogP contribution in [0.1, 0.15) is 30.6 Å². The van der Waals surface area contributed by atoms with Gasteiger partial charge >= 0.3 is 0 Å². The van der Waals surface area contributed by atoms with E-state index in [0.717, 1.165) is 12.1 Å². The summed E-state index contributed by atoms with van der Waals surface area (Å²) in [4.78, 5) is 2.99. The zero-order valence-electron chi connectivity index (χ0n) is 9.76. The number of aliphatic hydroxyl groups excluding tert-OH is 1. The molecule has 0 bridgehead atoms. The molecular formula is C13H16N2OS. The Bertz CT molecular complexity index is 530. The molecule has 1 aromatic carbocycles. The Morgan fingerprint density at radius 2 is 2.06 bits per heavy atom. The number of benzene rings is 1. The fourth-order valence-corrected chi connectivity index (χ4v) is 2.42. The Kier molecular flexibility index (Phi) is 3.76. The van der Waals surface area contributed by atoms with Crippen LogP contribution in [0.2, 0.25) is 0 Å². The molecule has 0 fully saturated rings. The summed E-state index contributed by atoms with van der Waals surface area (Å²) in [5.41, 5.74) is 2.03. The second-order valence-corrected chi connectivity index (χ2v) is 4.33. The van der Waals surface area contributed by atoms with Crippen LogP contribution in [0.3, 0.4) is 0 Å². The van der Waals surface area contributed by atoms with Crippen molar-refractivity contribution >= 4 is 12.2 Å². The molecule has 4 heteroatoms. The molecule has 0 amide bonds. The number of rotatable bonds is 4. The average molecular weight is 248 g/mol. The third-order valence-corrected chi connectivity index (χ3v) is 3.25. The Morgan fingerprint density at radius 1 is 1.35 bits per heavy atom. The Labute approximate surface area is 106 Å². The number of hydrogen-bond donors (Lipinski definition) is 2. The van der Waals surface area contributed by atoms with Crippen molar-refractivity contribution in [1.29, 1.82) is 0 Å². The van der Waals surface area contributed by atoms with Crippen molar-refractivity contribution in [3.63, 3.8) is 0 Å². The van der Waals surface area contributed by atoms with E-state index in [-0.39, 0.29) is 12.6 Å². The number of nitrogens with one attached hydrogen (secondary N) is 1. The number of H-pyrrole nitrogens is 1. The second-order valence-electron chi connectivity index (χ2n) is 3.95. The van der Waals surface area contributed by atoms with Gasteiger partial charge in [-0.1, -0.05) is 37.3 Å². The van der Waals surface area contributed by atoms with Gasteiger partial charge < -0.3 is 14.7 Å². The summed E-state index contributed by atoms with van der Waals surface area (Å²) in [5, 5.41) is 9.34. The van der Waals surface area contributed by atoms with Gasteiger partial charge in [0.1, 0.15) is 0 Å². The number of hydrogen-bond acceptors (Lipinski definition) is 2. The molecule has 0 aliphatic carbocycles. The van der Waals surface area contributed by atoms with Gasteiger partial charge in [0.05, 0.1) is 18.3 Å². The van der Waals surface area contributed by atoms with Crippen LogP contribution in [0.5, 0.6) is 0 Å². The molecule has 0 radical (unpaired) electrons. The van der Waals surface area contributed by atoms with E-state index >= 15 is 0 Å². The zero-order chi connectivity index (χ0) is 12.3. The molecule has 2 rings (SSSR count). The van der Waals surface area contributed by atoms with Crippen LogP contribution in [-0.4, -0.2) is 14.7 Å². The van der Waals surface area contributed by atoms with Crippen molar-refractivity contribution in [2.24, 2.45) is 0 Å². The molecule has 0 spiro atoms. The van der Waals surface area contributed by atoms with Gasteiger partial charge in [0, 0.05) is 6.20 Å². The number of nitrogens with zero attached hydrogens (tertiary/aromatic N) is 1. The van der Waals surface area contributed by atoms with Gasteiger partial charge in [-0.25, -0.2) is 0 Å². The first-order valence-corrected chi connectivity index (χ1v) is 6.13. The van der Waals surface area contributed by atoms with Crippen molar-refractivity contribution in [1.82, 2.24) is 9.55 Å². The maximum Gasteiger partial charge on any atom is 0.177 e. The van der Waals surface area contributed by atoms with Gasteiger partial charge in [0.25, 0.3) is 0 Å². The molecular weight excluding hydrogens is 232 g/mol. The first-order valence-electron chi connectivity index (χ1n) is 5.72. The molecule has 3 nitrogen and oxygen atoms in total. The summed E-state index contributed by atoms with van der Waals surface area (Å²) in [5.74, 6) is 0. The SMILES string of the molecule is CCC(c1ccccc1)n1c(CO)c[nH]c1=S. The van der Waals surface area contributed by atoms with Gasteiger partial charge in [-0.2, -0.15) is 0 Å². The van der Waals surface area contributed by atoms with Crippen LogP contribution < -0.4 is 0 Å². The summed E-state index contributed by atoms with van der Waals surface area (Å²) < 4.78 is 2.65. The minimum Gasteiger partial charge on any atom is -0.390 e. The van der Waals surface area contributed by atoms with Gasteiger partial charge in [-0.05, 0) is 24.2 Å². The fourth-order valence-electron chi connectivity index (χ4n) is 2.12. The van der Waals surface area contributed by atoms with Crippen molar-refractivity contribution in [2.75, 3.05) is 0 Å². The fraction of sp³-hybridized carbons (Fsp3) is 0.308. The minimum atomic E-state index is -0.00350. The van der Waals surface area contributed by atoms with E-state index in [0.29, 0.717) is 4.77 Å². The van der Waals surface area contributed by atoms with Gasteiger partial charge in [-0.3, -0.25) is 0 Å².